The van der Waals surface area contributed by atoms with Gasteiger partial charge in [-0.3, -0.25) is 4.79 Å². The lowest BCUT2D eigenvalue weighted by Crippen LogP contribution is -2.31. The summed E-state index contributed by atoms with van der Waals surface area (Å²) in [5, 5.41) is 8.86. The lowest BCUT2D eigenvalue weighted by atomic mass is 10.2. The number of aromatic nitrogens is 1. The molecule has 1 heterocycles. The lowest BCUT2D eigenvalue weighted by molar-refractivity contribution is 0.721. The van der Waals surface area contributed by atoms with Gasteiger partial charge in [-0.2, -0.15) is 0 Å². The maximum atomic E-state index is 12.0. The van der Waals surface area contributed by atoms with Gasteiger partial charge in [0, 0.05) is 6.54 Å². The van der Waals surface area contributed by atoms with Gasteiger partial charge in [0.25, 0.3) is 11.3 Å². The van der Waals surface area contributed by atoms with Gasteiger partial charge in [0.1, 0.15) is 4.66 Å². The number of hydrogen-bond donors (Lipinski definition) is 0. The highest BCUT2D eigenvalue weighted by Crippen LogP contribution is 1.95. The highest BCUT2D eigenvalue weighted by molar-refractivity contribution is 7.07. The Hall–Kier alpha value is -1.85. The Morgan fingerprint density at radius 2 is 2.35 bits per heavy atom. The third kappa shape index (κ3) is 2.64. The predicted octanol–water partition coefficient (Wildman–Crippen LogP) is 0.917. The van der Waals surface area contributed by atoms with Gasteiger partial charge in [0.05, 0.1) is 17.2 Å². The molecule has 88 valence electrons. The average Bonchev–Trinajstić information content (AvgIpc) is 2.57. The molecule has 17 heavy (non-hydrogen) atoms. The van der Waals surface area contributed by atoms with Crippen LogP contribution in [-0.4, -0.2) is 4.57 Å². The van der Waals surface area contributed by atoms with Crippen molar-refractivity contribution >= 4 is 23.1 Å². The SMILES string of the molecule is [C-]#[N+]/C(C#N)=c1/s/c(=C\C(C)C)c(=O)n1CC. The number of hydrogen-bond acceptors (Lipinski definition) is 3. The van der Waals surface area contributed by atoms with E-state index in [4.69, 9.17) is 11.8 Å². The second kappa shape index (κ2) is 5.47. The van der Waals surface area contributed by atoms with Crippen LogP contribution in [0.2, 0.25) is 0 Å². The standard InChI is InChI=1S/C12H13N3OS/c1-5-15-11(16)10(6-8(2)3)17-12(15)9(7-13)14-4/h6,8H,5H2,1-3H3/b10-6-,12-9+. The first-order chi connectivity index (χ1) is 8.04. The van der Waals surface area contributed by atoms with Crippen molar-refractivity contribution in [2.45, 2.75) is 27.3 Å². The van der Waals surface area contributed by atoms with Crippen molar-refractivity contribution in [2.24, 2.45) is 5.92 Å². The minimum atomic E-state index is -0.113. The minimum absolute atomic E-state index is 0.0163. The Morgan fingerprint density at radius 3 is 2.76 bits per heavy atom. The van der Waals surface area contributed by atoms with Crippen LogP contribution in [0.3, 0.4) is 0 Å². The van der Waals surface area contributed by atoms with E-state index < -0.39 is 0 Å². The van der Waals surface area contributed by atoms with Gasteiger partial charge >= 0.3 is 0 Å². The molecule has 0 aliphatic rings. The molecule has 0 fully saturated rings. The quantitative estimate of drug-likeness (QED) is 0.730. The molecule has 5 heteroatoms. The van der Waals surface area contributed by atoms with Crippen LogP contribution in [0.25, 0.3) is 16.6 Å². The van der Waals surface area contributed by atoms with Crippen LogP contribution < -0.4 is 14.8 Å². The number of rotatable bonds is 2. The zero-order valence-corrected chi connectivity index (χ0v) is 10.8. The van der Waals surface area contributed by atoms with E-state index in [0.717, 1.165) is 0 Å². The molecule has 1 aromatic rings. The Labute approximate surface area is 104 Å². The van der Waals surface area contributed by atoms with Crippen molar-refractivity contribution < 1.29 is 0 Å². The van der Waals surface area contributed by atoms with Crippen molar-refractivity contribution in [3.8, 4) is 6.07 Å². The number of thiazole rings is 1. The Balaban J connectivity index is 3.82. The molecule has 0 saturated heterocycles. The Morgan fingerprint density at radius 1 is 1.71 bits per heavy atom. The van der Waals surface area contributed by atoms with Crippen LogP contribution in [0.15, 0.2) is 4.79 Å². The monoisotopic (exact) mass is 247 g/mol. The number of nitrogens with zero attached hydrogens (tertiary/aromatic N) is 3. The van der Waals surface area contributed by atoms with Crippen LogP contribution in [0, 0.1) is 23.8 Å². The molecular formula is C12H13N3OS. The number of nitriles is 1. The Bertz CT molecular complexity index is 649. The van der Waals surface area contributed by atoms with Gasteiger partial charge in [0.2, 0.25) is 0 Å². The summed E-state index contributed by atoms with van der Waals surface area (Å²) in [5.74, 6) is 0.262. The molecule has 0 N–H and O–H groups in total. The van der Waals surface area contributed by atoms with Crippen LogP contribution in [-0.2, 0) is 6.54 Å². The summed E-state index contributed by atoms with van der Waals surface area (Å²) in [7, 11) is 0. The van der Waals surface area contributed by atoms with E-state index in [9.17, 15) is 4.79 Å². The zero-order valence-electron chi connectivity index (χ0n) is 10.0. The zero-order chi connectivity index (χ0) is 13.0. The first-order valence-corrected chi connectivity index (χ1v) is 6.10. The van der Waals surface area contributed by atoms with Gasteiger partial charge in [-0.05, 0) is 12.8 Å². The van der Waals surface area contributed by atoms with E-state index in [1.807, 2.05) is 32.9 Å². The average molecular weight is 247 g/mol. The molecule has 0 amide bonds. The van der Waals surface area contributed by atoms with E-state index in [1.54, 1.807) is 0 Å². The second-order valence-electron chi connectivity index (χ2n) is 3.80. The van der Waals surface area contributed by atoms with Crippen molar-refractivity contribution in [2.75, 3.05) is 0 Å². The molecular weight excluding hydrogens is 234 g/mol. The van der Waals surface area contributed by atoms with Crippen molar-refractivity contribution in [1.29, 1.82) is 5.26 Å². The fourth-order valence-electron chi connectivity index (χ4n) is 1.42. The summed E-state index contributed by atoms with van der Waals surface area (Å²) in [5.41, 5.74) is -0.130. The largest absolute Gasteiger partial charge is 0.307 e. The molecule has 0 atom stereocenters. The summed E-state index contributed by atoms with van der Waals surface area (Å²) in [6.07, 6.45) is 1.86. The molecule has 0 saturated carbocycles. The highest BCUT2D eigenvalue weighted by Gasteiger charge is 2.07. The highest BCUT2D eigenvalue weighted by atomic mass is 32.1. The third-order valence-corrected chi connectivity index (χ3v) is 3.27. The lowest BCUT2D eigenvalue weighted by Gasteiger charge is -1.93. The van der Waals surface area contributed by atoms with E-state index >= 15 is 0 Å². The van der Waals surface area contributed by atoms with Gasteiger partial charge in [-0.25, -0.2) is 10.1 Å². The van der Waals surface area contributed by atoms with Crippen molar-refractivity contribution in [1.82, 2.24) is 4.57 Å². The summed E-state index contributed by atoms with van der Waals surface area (Å²) in [4.78, 5) is 15.2. The fraction of sp³-hybridized carbons (Fsp3) is 0.417. The molecule has 0 radical (unpaired) electrons. The topological polar surface area (TPSA) is 50.1 Å². The molecule has 1 aromatic heterocycles. The van der Waals surface area contributed by atoms with Gasteiger partial charge in [-0.1, -0.05) is 19.9 Å². The van der Waals surface area contributed by atoms with E-state index in [2.05, 4.69) is 4.85 Å². The molecule has 0 aliphatic heterocycles. The normalized spacial score (nSPS) is 13.4. The van der Waals surface area contributed by atoms with Crippen LogP contribution >= 0.6 is 11.3 Å². The van der Waals surface area contributed by atoms with Crippen molar-refractivity contribution in [3.05, 3.63) is 31.0 Å². The van der Waals surface area contributed by atoms with Crippen LogP contribution in [0.4, 0.5) is 0 Å². The maximum absolute atomic E-state index is 12.0. The van der Waals surface area contributed by atoms with Gasteiger partial charge in [0.15, 0.2) is 0 Å². The molecule has 0 bridgehead atoms. The molecule has 0 unspecified atom stereocenters. The maximum Gasteiger partial charge on any atom is 0.294 e. The van der Waals surface area contributed by atoms with Crippen molar-refractivity contribution in [3.63, 3.8) is 0 Å². The second-order valence-corrected chi connectivity index (χ2v) is 4.83. The first kappa shape index (κ1) is 13.2. The fourth-order valence-corrected chi connectivity index (χ4v) is 2.68. The van der Waals surface area contributed by atoms with Gasteiger partial charge < -0.3 is 4.57 Å². The molecule has 1 rings (SSSR count). The van der Waals surface area contributed by atoms with Gasteiger partial charge in [-0.15, -0.1) is 11.3 Å². The summed E-state index contributed by atoms with van der Waals surface area (Å²) in [6.45, 7) is 13.2. The molecule has 0 aliphatic carbocycles. The van der Waals surface area contributed by atoms with E-state index in [-0.39, 0.29) is 17.2 Å². The predicted molar refractivity (Wildman–Crippen MR) is 68.4 cm³/mol. The first-order valence-electron chi connectivity index (χ1n) is 5.28. The third-order valence-electron chi connectivity index (χ3n) is 2.13. The van der Waals surface area contributed by atoms with E-state index in [0.29, 0.717) is 15.7 Å². The van der Waals surface area contributed by atoms with Crippen LogP contribution in [0.1, 0.15) is 20.8 Å². The molecule has 4 nitrogen and oxygen atoms in total. The Kier molecular flexibility index (Phi) is 4.25. The summed E-state index contributed by atoms with van der Waals surface area (Å²) >= 11 is 1.22. The summed E-state index contributed by atoms with van der Waals surface area (Å²) < 4.78 is 2.55. The molecule has 0 aromatic carbocycles. The van der Waals surface area contributed by atoms with Crippen LogP contribution in [0.5, 0.6) is 0 Å². The van der Waals surface area contributed by atoms with E-state index in [1.165, 1.54) is 15.9 Å². The minimum Gasteiger partial charge on any atom is -0.307 e. The molecule has 0 spiro atoms. The smallest absolute Gasteiger partial charge is 0.294 e. The summed E-state index contributed by atoms with van der Waals surface area (Å²) in [6, 6.07) is 1.84.